The lowest BCUT2D eigenvalue weighted by Crippen LogP contribution is -2.36. The molecule has 6 heteroatoms. The summed E-state index contributed by atoms with van der Waals surface area (Å²) in [6.07, 6.45) is 0. The van der Waals surface area contributed by atoms with Gasteiger partial charge in [-0.15, -0.1) is 0 Å². The van der Waals surface area contributed by atoms with E-state index < -0.39 is 5.69 Å². The molecule has 0 aliphatic carbocycles. The average Bonchev–Trinajstić information content (AvgIpc) is 2.47. The molecule has 0 spiro atoms. The van der Waals surface area contributed by atoms with E-state index in [4.69, 9.17) is 4.74 Å². The molecule has 1 atom stereocenters. The molecule has 0 saturated carbocycles. The van der Waals surface area contributed by atoms with Crippen molar-refractivity contribution < 1.29 is 4.74 Å². The normalized spacial score (nSPS) is 12.1. The summed E-state index contributed by atoms with van der Waals surface area (Å²) in [7, 11) is 1.52. The Morgan fingerprint density at radius 1 is 1.29 bits per heavy atom. The molecule has 0 aliphatic heterocycles. The number of anilines is 1. The van der Waals surface area contributed by atoms with Crippen LogP contribution >= 0.6 is 0 Å². The Labute approximate surface area is 122 Å². The zero-order valence-electron chi connectivity index (χ0n) is 12.1. The Kier molecular flexibility index (Phi) is 4.94. The summed E-state index contributed by atoms with van der Waals surface area (Å²) in [5, 5.41) is 3.12. The molecule has 0 saturated heterocycles. The van der Waals surface area contributed by atoms with Crippen molar-refractivity contribution in [2.45, 2.75) is 19.5 Å². The van der Waals surface area contributed by atoms with Crippen molar-refractivity contribution in [3.05, 3.63) is 62.8 Å². The van der Waals surface area contributed by atoms with Crippen LogP contribution in [0.25, 0.3) is 0 Å². The highest BCUT2D eigenvalue weighted by Gasteiger charge is 2.08. The van der Waals surface area contributed by atoms with Crippen molar-refractivity contribution in [2.75, 3.05) is 19.0 Å². The van der Waals surface area contributed by atoms with Gasteiger partial charge in [0, 0.05) is 19.2 Å². The van der Waals surface area contributed by atoms with Gasteiger partial charge in [0.05, 0.1) is 13.2 Å². The fourth-order valence-corrected chi connectivity index (χ4v) is 2.05. The average molecular weight is 289 g/mol. The van der Waals surface area contributed by atoms with Crippen molar-refractivity contribution in [1.82, 2.24) is 9.55 Å². The molecule has 21 heavy (non-hydrogen) atoms. The Hall–Kier alpha value is -2.34. The van der Waals surface area contributed by atoms with Crippen LogP contribution in [0, 0.1) is 0 Å². The van der Waals surface area contributed by atoms with Gasteiger partial charge >= 0.3 is 5.69 Å². The van der Waals surface area contributed by atoms with E-state index in [2.05, 4.69) is 10.3 Å². The van der Waals surface area contributed by atoms with E-state index >= 15 is 0 Å². The van der Waals surface area contributed by atoms with E-state index in [-0.39, 0.29) is 18.1 Å². The first-order valence-electron chi connectivity index (χ1n) is 6.76. The molecular formula is C15H19N3O3. The highest BCUT2D eigenvalue weighted by molar-refractivity contribution is 5.36. The first-order chi connectivity index (χ1) is 10.1. The molecule has 1 aromatic carbocycles. The van der Waals surface area contributed by atoms with Gasteiger partial charge in [-0.25, -0.2) is 4.79 Å². The number of rotatable bonds is 6. The number of ether oxygens (including phenoxy) is 1. The molecule has 0 unspecified atom stereocenters. The summed E-state index contributed by atoms with van der Waals surface area (Å²) in [4.78, 5) is 26.5. The maximum atomic E-state index is 11.9. The minimum absolute atomic E-state index is 0.0175. The first kappa shape index (κ1) is 15.1. The van der Waals surface area contributed by atoms with E-state index in [1.54, 1.807) is 0 Å². The number of hydrogen-bond donors (Lipinski definition) is 2. The molecule has 6 nitrogen and oxygen atoms in total. The molecule has 1 heterocycles. The van der Waals surface area contributed by atoms with Crippen LogP contribution in [-0.4, -0.2) is 23.3 Å². The third kappa shape index (κ3) is 3.82. The Morgan fingerprint density at radius 2 is 2.00 bits per heavy atom. The van der Waals surface area contributed by atoms with Crippen molar-refractivity contribution in [3.63, 3.8) is 0 Å². The van der Waals surface area contributed by atoms with Gasteiger partial charge in [0.1, 0.15) is 5.82 Å². The Morgan fingerprint density at radius 3 is 2.62 bits per heavy atom. The zero-order chi connectivity index (χ0) is 15.2. The first-order valence-corrected chi connectivity index (χ1v) is 6.76. The number of methoxy groups -OCH3 is 1. The topological polar surface area (TPSA) is 76.1 Å². The molecule has 112 valence electrons. The van der Waals surface area contributed by atoms with Crippen molar-refractivity contribution in [3.8, 4) is 0 Å². The maximum absolute atomic E-state index is 11.9. The summed E-state index contributed by atoms with van der Waals surface area (Å²) in [5.74, 6) is 0.412. The van der Waals surface area contributed by atoms with Crippen LogP contribution in [0.4, 0.5) is 5.82 Å². The fourth-order valence-electron chi connectivity index (χ4n) is 2.05. The number of nitrogens with zero attached hydrogens (tertiary/aromatic N) is 1. The Balaban J connectivity index is 2.18. The number of nitrogens with one attached hydrogen (secondary N) is 2. The molecule has 2 N–H and O–H groups in total. The lowest BCUT2D eigenvalue weighted by molar-refractivity contribution is 0.185. The number of hydrogen-bond acceptors (Lipinski definition) is 4. The summed E-state index contributed by atoms with van der Waals surface area (Å²) in [6, 6.07) is 11.2. The van der Waals surface area contributed by atoms with Crippen LogP contribution in [-0.2, 0) is 11.3 Å². The summed E-state index contributed by atoms with van der Waals surface area (Å²) < 4.78 is 5.99. The van der Waals surface area contributed by atoms with Gasteiger partial charge in [-0.3, -0.25) is 14.3 Å². The molecule has 0 radical (unpaired) electrons. The van der Waals surface area contributed by atoms with Crippen LogP contribution in [0.2, 0.25) is 0 Å². The third-order valence-corrected chi connectivity index (χ3v) is 3.21. The van der Waals surface area contributed by atoms with Gasteiger partial charge in [-0.2, -0.15) is 0 Å². The molecular weight excluding hydrogens is 270 g/mol. The van der Waals surface area contributed by atoms with Crippen molar-refractivity contribution in [2.24, 2.45) is 0 Å². The van der Waals surface area contributed by atoms with Gasteiger partial charge in [0.2, 0.25) is 0 Å². The quantitative estimate of drug-likeness (QED) is 0.842. The third-order valence-electron chi connectivity index (χ3n) is 3.21. The minimum atomic E-state index is -0.442. The number of H-pyrrole nitrogens is 1. The minimum Gasteiger partial charge on any atom is -0.383 e. The number of aromatic nitrogens is 2. The van der Waals surface area contributed by atoms with E-state index in [0.717, 1.165) is 10.1 Å². The second-order valence-electron chi connectivity index (χ2n) is 4.75. The maximum Gasteiger partial charge on any atom is 0.329 e. The monoisotopic (exact) mass is 289 g/mol. The highest BCUT2D eigenvalue weighted by atomic mass is 16.5. The van der Waals surface area contributed by atoms with Crippen molar-refractivity contribution >= 4 is 5.82 Å². The molecule has 0 amide bonds. The molecule has 0 fully saturated rings. The molecule has 2 aromatic rings. The largest absolute Gasteiger partial charge is 0.383 e. The van der Waals surface area contributed by atoms with Gasteiger partial charge in [-0.1, -0.05) is 30.3 Å². The van der Waals surface area contributed by atoms with Crippen LogP contribution in [0.5, 0.6) is 0 Å². The van der Waals surface area contributed by atoms with E-state index in [0.29, 0.717) is 12.4 Å². The predicted molar refractivity (Wildman–Crippen MR) is 81.7 cm³/mol. The standard InChI is InChI=1S/C15H19N3O3/c1-11(12-6-4-3-5-7-12)16-13-10-14(19)18(8-9-21-2)15(20)17-13/h3-7,10-11,16H,8-9H2,1-2H3,(H,17,20)/t11-/m0/s1. The highest BCUT2D eigenvalue weighted by Crippen LogP contribution is 2.15. The van der Waals surface area contributed by atoms with Gasteiger partial charge < -0.3 is 10.1 Å². The zero-order valence-corrected chi connectivity index (χ0v) is 12.1. The lowest BCUT2D eigenvalue weighted by Gasteiger charge is -2.15. The summed E-state index contributed by atoms with van der Waals surface area (Å²) >= 11 is 0. The molecule has 0 aliphatic rings. The predicted octanol–water partition coefficient (Wildman–Crippen LogP) is 1.36. The smallest absolute Gasteiger partial charge is 0.329 e. The molecule has 0 bridgehead atoms. The second-order valence-corrected chi connectivity index (χ2v) is 4.75. The number of benzene rings is 1. The van der Waals surface area contributed by atoms with Gasteiger partial charge in [0.25, 0.3) is 5.56 Å². The lowest BCUT2D eigenvalue weighted by atomic mass is 10.1. The van der Waals surface area contributed by atoms with Crippen LogP contribution < -0.4 is 16.6 Å². The Bertz CT molecular complexity index is 660. The van der Waals surface area contributed by atoms with Gasteiger partial charge in [-0.05, 0) is 12.5 Å². The van der Waals surface area contributed by atoms with E-state index in [1.807, 2.05) is 37.3 Å². The van der Waals surface area contributed by atoms with E-state index in [9.17, 15) is 9.59 Å². The van der Waals surface area contributed by atoms with Crippen molar-refractivity contribution in [1.29, 1.82) is 0 Å². The van der Waals surface area contributed by atoms with Crippen LogP contribution in [0.15, 0.2) is 46.0 Å². The SMILES string of the molecule is COCCn1c(=O)cc(N[C@@H](C)c2ccccc2)[nH]c1=O. The summed E-state index contributed by atoms with van der Waals surface area (Å²) in [6.45, 7) is 2.51. The van der Waals surface area contributed by atoms with E-state index in [1.165, 1.54) is 13.2 Å². The molecule has 1 aromatic heterocycles. The number of aromatic amines is 1. The summed E-state index contributed by atoms with van der Waals surface area (Å²) in [5.41, 5.74) is 0.280. The van der Waals surface area contributed by atoms with Crippen LogP contribution in [0.3, 0.4) is 0 Å². The molecule has 2 rings (SSSR count). The van der Waals surface area contributed by atoms with Gasteiger partial charge in [0.15, 0.2) is 0 Å². The second kappa shape index (κ2) is 6.90. The van der Waals surface area contributed by atoms with Crippen LogP contribution in [0.1, 0.15) is 18.5 Å². The fraction of sp³-hybridized carbons (Fsp3) is 0.333.